The topological polar surface area (TPSA) is 12.0 Å². The molecule has 0 radical (unpaired) electrons. The predicted octanol–water partition coefficient (Wildman–Crippen LogP) is 4.45. The number of halogens is 1. The van der Waals surface area contributed by atoms with Gasteiger partial charge in [0.2, 0.25) is 0 Å². The molecule has 0 spiro atoms. The number of nitrogens with one attached hydrogen (secondary N) is 1. The van der Waals surface area contributed by atoms with E-state index in [0.29, 0.717) is 0 Å². The number of rotatable bonds is 4. The van der Waals surface area contributed by atoms with Crippen molar-refractivity contribution in [1.29, 1.82) is 0 Å². The van der Waals surface area contributed by atoms with Gasteiger partial charge in [-0.15, -0.1) is 0 Å². The molecule has 20 heavy (non-hydrogen) atoms. The molecule has 1 unspecified atom stereocenters. The summed E-state index contributed by atoms with van der Waals surface area (Å²) in [4.78, 5) is 0. The van der Waals surface area contributed by atoms with Crippen LogP contribution in [0.25, 0.3) is 0 Å². The van der Waals surface area contributed by atoms with Gasteiger partial charge in [-0.3, -0.25) is 0 Å². The molecule has 2 aromatic rings. The van der Waals surface area contributed by atoms with Gasteiger partial charge in [-0.2, -0.15) is 0 Å². The van der Waals surface area contributed by atoms with Crippen molar-refractivity contribution in [3.63, 3.8) is 0 Å². The lowest BCUT2D eigenvalue weighted by Gasteiger charge is -2.23. The molecule has 0 fully saturated rings. The van der Waals surface area contributed by atoms with E-state index in [1.54, 1.807) is 6.07 Å². The highest BCUT2D eigenvalue weighted by molar-refractivity contribution is 5.42. The molecule has 2 rings (SSSR count). The van der Waals surface area contributed by atoms with Crippen molar-refractivity contribution in [2.45, 2.75) is 33.7 Å². The molecular weight excluding hydrogens is 249 g/mol. The molecule has 2 aromatic carbocycles. The maximum absolute atomic E-state index is 13.6. The zero-order valence-corrected chi connectivity index (χ0v) is 12.6. The molecule has 0 aliphatic carbocycles. The minimum atomic E-state index is -0.182. The van der Waals surface area contributed by atoms with Gasteiger partial charge in [0.15, 0.2) is 0 Å². The smallest absolute Gasteiger partial charge is 0.123 e. The van der Waals surface area contributed by atoms with E-state index in [4.69, 9.17) is 0 Å². The molecule has 0 aliphatic rings. The molecule has 0 heterocycles. The highest BCUT2D eigenvalue weighted by atomic mass is 19.1. The van der Waals surface area contributed by atoms with Crippen molar-refractivity contribution < 1.29 is 4.39 Å². The third kappa shape index (κ3) is 3.07. The molecule has 0 aromatic heterocycles. The van der Waals surface area contributed by atoms with Crippen LogP contribution in [0.2, 0.25) is 0 Å². The summed E-state index contributed by atoms with van der Waals surface area (Å²) in [5.74, 6) is -0.182. The summed E-state index contributed by atoms with van der Waals surface area (Å²) in [6.45, 7) is 9.14. The maximum atomic E-state index is 13.6. The van der Waals surface area contributed by atoms with Crippen LogP contribution < -0.4 is 5.32 Å². The fraction of sp³-hybridized carbons (Fsp3) is 0.333. The molecule has 0 aliphatic heterocycles. The fourth-order valence-corrected chi connectivity index (χ4v) is 2.58. The molecule has 1 N–H and O–H groups in total. The van der Waals surface area contributed by atoms with Crippen LogP contribution in [0.3, 0.4) is 0 Å². The normalized spacial score (nSPS) is 12.4. The Morgan fingerprint density at radius 3 is 2.20 bits per heavy atom. The van der Waals surface area contributed by atoms with Crippen LogP contribution in [-0.2, 0) is 0 Å². The summed E-state index contributed by atoms with van der Waals surface area (Å²) >= 11 is 0. The van der Waals surface area contributed by atoms with E-state index in [2.05, 4.69) is 44.3 Å². The van der Waals surface area contributed by atoms with Gasteiger partial charge in [-0.05, 0) is 61.7 Å². The molecule has 2 heteroatoms. The molecule has 0 bridgehead atoms. The van der Waals surface area contributed by atoms with Crippen molar-refractivity contribution in [2.75, 3.05) is 6.54 Å². The van der Waals surface area contributed by atoms with Gasteiger partial charge in [0.25, 0.3) is 0 Å². The Labute approximate surface area is 120 Å². The first-order valence-corrected chi connectivity index (χ1v) is 7.09. The third-order valence-corrected chi connectivity index (χ3v) is 3.71. The summed E-state index contributed by atoms with van der Waals surface area (Å²) in [6.07, 6.45) is 0. The Morgan fingerprint density at radius 1 is 0.950 bits per heavy atom. The van der Waals surface area contributed by atoms with E-state index in [9.17, 15) is 4.39 Å². The Hall–Kier alpha value is -1.67. The van der Waals surface area contributed by atoms with E-state index in [0.717, 1.165) is 17.7 Å². The van der Waals surface area contributed by atoms with Gasteiger partial charge < -0.3 is 5.32 Å². The second-order valence-electron chi connectivity index (χ2n) is 5.35. The van der Waals surface area contributed by atoms with E-state index in [-0.39, 0.29) is 11.9 Å². The van der Waals surface area contributed by atoms with Gasteiger partial charge >= 0.3 is 0 Å². The lowest BCUT2D eigenvalue weighted by molar-refractivity contribution is 0.599. The first-order valence-electron chi connectivity index (χ1n) is 7.09. The van der Waals surface area contributed by atoms with Crippen LogP contribution in [0.1, 0.15) is 40.8 Å². The Morgan fingerprint density at radius 2 is 1.55 bits per heavy atom. The number of hydrogen-bond donors (Lipinski definition) is 1. The molecular formula is C18H22FN. The number of aryl methyl sites for hydroxylation is 3. The third-order valence-electron chi connectivity index (χ3n) is 3.71. The molecule has 1 nitrogen and oxygen atoms in total. The van der Waals surface area contributed by atoms with Gasteiger partial charge in [-0.1, -0.05) is 36.8 Å². The fourth-order valence-electron chi connectivity index (χ4n) is 2.58. The largest absolute Gasteiger partial charge is 0.307 e. The van der Waals surface area contributed by atoms with Gasteiger partial charge in [-0.25, -0.2) is 4.39 Å². The van der Waals surface area contributed by atoms with Crippen molar-refractivity contribution in [1.82, 2.24) is 5.32 Å². The summed E-state index contributed by atoms with van der Waals surface area (Å²) in [5, 5.41) is 3.48. The molecule has 0 saturated carbocycles. The average molecular weight is 271 g/mol. The van der Waals surface area contributed by atoms with Crippen molar-refractivity contribution in [3.05, 3.63) is 70.0 Å². The zero-order chi connectivity index (χ0) is 14.7. The highest BCUT2D eigenvalue weighted by Gasteiger charge is 2.17. The van der Waals surface area contributed by atoms with Crippen LogP contribution >= 0.6 is 0 Å². The van der Waals surface area contributed by atoms with E-state index in [1.165, 1.54) is 22.8 Å². The first kappa shape index (κ1) is 14.7. The molecule has 0 saturated heterocycles. The van der Waals surface area contributed by atoms with Crippen molar-refractivity contribution in [2.24, 2.45) is 0 Å². The summed E-state index contributed by atoms with van der Waals surface area (Å²) in [6, 6.07) is 11.5. The quantitative estimate of drug-likeness (QED) is 0.866. The standard InChI is InChI=1S/C18H22FN/c1-5-20-18(16-10-12(2)6-7-13(16)3)17-11-15(19)9-8-14(17)4/h6-11,18,20H,5H2,1-4H3. The Bertz CT molecular complexity index is 553. The second kappa shape index (κ2) is 6.19. The van der Waals surface area contributed by atoms with E-state index >= 15 is 0 Å². The van der Waals surface area contributed by atoms with Gasteiger partial charge in [0.05, 0.1) is 6.04 Å². The number of benzene rings is 2. The lowest BCUT2D eigenvalue weighted by Crippen LogP contribution is -2.23. The van der Waals surface area contributed by atoms with E-state index in [1.807, 2.05) is 13.0 Å². The minimum Gasteiger partial charge on any atom is -0.307 e. The van der Waals surface area contributed by atoms with Crippen molar-refractivity contribution in [3.8, 4) is 0 Å². The van der Waals surface area contributed by atoms with Crippen molar-refractivity contribution >= 4 is 0 Å². The summed E-state index contributed by atoms with van der Waals surface area (Å²) < 4.78 is 13.6. The average Bonchev–Trinajstić information content (AvgIpc) is 2.42. The van der Waals surface area contributed by atoms with Crippen LogP contribution in [0.5, 0.6) is 0 Å². The second-order valence-corrected chi connectivity index (χ2v) is 5.35. The highest BCUT2D eigenvalue weighted by Crippen LogP contribution is 2.28. The summed E-state index contributed by atoms with van der Waals surface area (Å²) in [7, 11) is 0. The van der Waals surface area contributed by atoms with Crippen LogP contribution in [0.15, 0.2) is 36.4 Å². The number of hydrogen-bond acceptors (Lipinski definition) is 1. The zero-order valence-electron chi connectivity index (χ0n) is 12.6. The molecule has 0 amide bonds. The van der Waals surface area contributed by atoms with Crippen LogP contribution in [0, 0.1) is 26.6 Å². The van der Waals surface area contributed by atoms with E-state index < -0.39 is 0 Å². The van der Waals surface area contributed by atoms with Crippen LogP contribution in [0.4, 0.5) is 4.39 Å². The minimum absolute atomic E-state index is 0.0376. The molecule has 1 atom stereocenters. The van der Waals surface area contributed by atoms with Crippen LogP contribution in [-0.4, -0.2) is 6.54 Å². The lowest BCUT2D eigenvalue weighted by atomic mass is 9.91. The first-order chi connectivity index (χ1) is 9.52. The monoisotopic (exact) mass is 271 g/mol. The van der Waals surface area contributed by atoms with Gasteiger partial charge in [0.1, 0.15) is 5.82 Å². The Balaban J connectivity index is 2.55. The Kier molecular flexibility index (Phi) is 4.56. The predicted molar refractivity (Wildman–Crippen MR) is 82.6 cm³/mol. The molecule has 106 valence electrons. The maximum Gasteiger partial charge on any atom is 0.123 e. The van der Waals surface area contributed by atoms with Gasteiger partial charge in [0, 0.05) is 0 Å². The SMILES string of the molecule is CCNC(c1cc(C)ccc1C)c1cc(F)ccc1C. The summed E-state index contributed by atoms with van der Waals surface area (Å²) in [5.41, 5.74) is 5.80.